The van der Waals surface area contributed by atoms with Gasteiger partial charge in [-0.1, -0.05) is 26.7 Å². The van der Waals surface area contributed by atoms with E-state index < -0.39 is 0 Å². The number of carbonyl (C=O) groups is 1. The molecule has 1 aromatic heterocycles. The van der Waals surface area contributed by atoms with Crippen LogP contribution in [0, 0.1) is 12.8 Å². The van der Waals surface area contributed by atoms with Gasteiger partial charge < -0.3 is 5.32 Å². The number of rotatable bonds is 6. The number of aryl methyl sites for hydroxylation is 1. The average Bonchev–Trinajstić information content (AvgIpc) is 2.30. The van der Waals surface area contributed by atoms with Gasteiger partial charge in [-0.05, 0) is 37.5 Å². The first-order valence-electron chi connectivity index (χ1n) is 6.40. The molecule has 0 aliphatic carbocycles. The number of hydrogen-bond acceptors (Lipinski definition) is 2. The minimum absolute atomic E-state index is 0.0963. The van der Waals surface area contributed by atoms with Crippen LogP contribution in [-0.2, 0) is 4.79 Å². The van der Waals surface area contributed by atoms with Crippen LogP contribution in [0.3, 0.4) is 0 Å². The Morgan fingerprint density at radius 2 is 2.24 bits per heavy atom. The molecule has 0 spiro atoms. The van der Waals surface area contributed by atoms with Gasteiger partial charge in [-0.3, -0.25) is 4.79 Å². The summed E-state index contributed by atoms with van der Waals surface area (Å²) in [4.78, 5) is 16.2. The Labute approximate surface area is 104 Å². The second-order valence-corrected chi connectivity index (χ2v) is 4.46. The van der Waals surface area contributed by atoms with Gasteiger partial charge in [0.2, 0.25) is 5.91 Å². The second kappa shape index (κ2) is 7.05. The smallest absolute Gasteiger partial charge is 0.228 e. The van der Waals surface area contributed by atoms with Gasteiger partial charge in [0.05, 0.1) is 0 Å². The molecular weight excluding hydrogens is 212 g/mol. The fraction of sp³-hybridized carbons (Fsp3) is 0.571. The molecule has 0 unspecified atom stereocenters. The summed E-state index contributed by atoms with van der Waals surface area (Å²) in [5, 5.41) is 2.89. The lowest BCUT2D eigenvalue weighted by atomic mass is 9.98. The maximum Gasteiger partial charge on any atom is 0.228 e. The Morgan fingerprint density at radius 1 is 1.47 bits per heavy atom. The van der Waals surface area contributed by atoms with Crippen molar-refractivity contribution in [3.63, 3.8) is 0 Å². The number of aromatic nitrogens is 1. The summed E-state index contributed by atoms with van der Waals surface area (Å²) in [5.41, 5.74) is 1.11. The first kappa shape index (κ1) is 13.7. The Kier molecular flexibility index (Phi) is 5.67. The summed E-state index contributed by atoms with van der Waals surface area (Å²) < 4.78 is 0. The van der Waals surface area contributed by atoms with E-state index in [9.17, 15) is 4.79 Å². The van der Waals surface area contributed by atoms with E-state index in [2.05, 4.69) is 24.1 Å². The lowest BCUT2D eigenvalue weighted by Gasteiger charge is -2.14. The maximum atomic E-state index is 12.0. The molecule has 17 heavy (non-hydrogen) atoms. The number of nitrogens with zero attached hydrogens (tertiary/aromatic N) is 1. The summed E-state index contributed by atoms with van der Waals surface area (Å²) >= 11 is 0. The molecule has 1 atom stereocenters. The van der Waals surface area contributed by atoms with Crippen LogP contribution < -0.4 is 5.32 Å². The number of unbranched alkanes of at least 4 members (excludes halogenated alkanes) is 1. The number of carbonyl (C=O) groups excluding carboxylic acids is 1. The molecule has 1 rings (SSSR count). The van der Waals surface area contributed by atoms with Gasteiger partial charge >= 0.3 is 0 Å². The van der Waals surface area contributed by atoms with Gasteiger partial charge in [0.1, 0.15) is 5.82 Å². The zero-order valence-electron chi connectivity index (χ0n) is 11.0. The topological polar surface area (TPSA) is 42.0 Å². The van der Waals surface area contributed by atoms with Crippen LogP contribution in [0.25, 0.3) is 0 Å². The Morgan fingerprint density at radius 3 is 2.82 bits per heavy atom. The Balaban J connectivity index is 2.57. The molecule has 1 heterocycles. The quantitative estimate of drug-likeness (QED) is 0.818. The van der Waals surface area contributed by atoms with Crippen LogP contribution in [0.4, 0.5) is 5.82 Å². The second-order valence-electron chi connectivity index (χ2n) is 4.46. The minimum atomic E-state index is 0.0963. The zero-order valence-corrected chi connectivity index (χ0v) is 11.0. The molecule has 0 radical (unpaired) electrons. The van der Waals surface area contributed by atoms with Crippen molar-refractivity contribution < 1.29 is 4.79 Å². The van der Waals surface area contributed by atoms with E-state index in [1.807, 2.05) is 19.1 Å². The number of anilines is 1. The van der Waals surface area contributed by atoms with Gasteiger partial charge in [-0.2, -0.15) is 0 Å². The van der Waals surface area contributed by atoms with Gasteiger partial charge in [0.25, 0.3) is 0 Å². The molecule has 0 saturated heterocycles. The number of hydrogen-bond donors (Lipinski definition) is 1. The van der Waals surface area contributed by atoms with Crippen molar-refractivity contribution in [1.82, 2.24) is 4.98 Å². The highest BCUT2D eigenvalue weighted by molar-refractivity contribution is 5.91. The molecular formula is C14H22N2O. The fourth-order valence-electron chi connectivity index (χ4n) is 1.80. The standard InChI is InChI=1S/C14H22N2O/c1-4-6-7-12(5-2)14(17)16-13-10-11(3)8-9-15-13/h8-10,12H,4-7H2,1-3H3,(H,15,16,17)/t12-/m0/s1. The van der Waals surface area contributed by atoms with E-state index >= 15 is 0 Å². The van der Waals surface area contributed by atoms with Crippen molar-refractivity contribution >= 4 is 11.7 Å². The number of amides is 1. The molecule has 1 N–H and O–H groups in total. The first-order valence-corrected chi connectivity index (χ1v) is 6.40. The summed E-state index contributed by atoms with van der Waals surface area (Å²) in [7, 11) is 0. The molecule has 0 saturated carbocycles. The van der Waals surface area contributed by atoms with Gasteiger partial charge in [-0.25, -0.2) is 4.98 Å². The number of nitrogens with one attached hydrogen (secondary N) is 1. The fourth-order valence-corrected chi connectivity index (χ4v) is 1.80. The summed E-state index contributed by atoms with van der Waals surface area (Å²) in [6, 6.07) is 3.81. The summed E-state index contributed by atoms with van der Waals surface area (Å²) in [6.45, 7) is 6.20. The molecule has 0 aliphatic heterocycles. The molecule has 0 aliphatic rings. The highest BCUT2D eigenvalue weighted by Crippen LogP contribution is 2.15. The van der Waals surface area contributed by atoms with Crippen LogP contribution >= 0.6 is 0 Å². The predicted octanol–water partition coefficient (Wildman–Crippen LogP) is 3.54. The zero-order chi connectivity index (χ0) is 12.7. The lowest BCUT2D eigenvalue weighted by molar-refractivity contribution is -0.120. The van der Waals surface area contributed by atoms with E-state index in [0.29, 0.717) is 5.82 Å². The highest BCUT2D eigenvalue weighted by Gasteiger charge is 2.16. The van der Waals surface area contributed by atoms with Crippen LogP contribution in [0.15, 0.2) is 18.3 Å². The molecule has 0 bridgehead atoms. The highest BCUT2D eigenvalue weighted by atomic mass is 16.1. The van der Waals surface area contributed by atoms with E-state index in [1.165, 1.54) is 0 Å². The van der Waals surface area contributed by atoms with Gasteiger partial charge in [-0.15, -0.1) is 0 Å². The monoisotopic (exact) mass is 234 g/mol. The van der Waals surface area contributed by atoms with Crippen molar-refractivity contribution in [2.45, 2.75) is 46.5 Å². The van der Waals surface area contributed by atoms with Crippen LogP contribution in [0.2, 0.25) is 0 Å². The third-order valence-corrected chi connectivity index (χ3v) is 2.94. The Bertz CT molecular complexity index is 363. The minimum Gasteiger partial charge on any atom is -0.310 e. The van der Waals surface area contributed by atoms with E-state index in [-0.39, 0.29) is 11.8 Å². The summed E-state index contributed by atoms with van der Waals surface area (Å²) in [6.07, 6.45) is 5.81. The van der Waals surface area contributed by atoms with E-state index in [0.717, 1.165) is 31.2 Å². The average molecular weight is 234 g/mol. The molecule has 1 aromatic rings. The first-order chi connectivity index (χ1) is 8.17. The van der Waals surface area contributed by atoms with Crippen molar-refractivity contribution in [2.24, 2.45) is 5.92 Å². The molecule has 3 nitrogen and oxygen atoms in total. The van der Waals surface area contributed by atoms with Crippen LogP contribution in [-0.4, -0.2) is 10.9 Å². The molecule has 1 amide bonds. The van der Waals surface area contributed by atoms with Crippen molar-refractivity contribution in [3.8, 4) is 0 Å². The van der Waals surface area contributed by atoms with E-state index in [4.69, 9.17) is 0 Å². The third kappa shape index (κ3) is 4.55. The van der Waals surface area contributed by atoms with Crippen LogP contribution in [0.1, 0.15) is 45.1 Å². The predicted molar refractivity (Wildman–Crippen MR) is 70.9 cm³/mol. The normalized spacial score (nSPS) is 12.2. The molecule has 94 valence electrons. The molecule has 0 fully saturated rings. The van der Waals surface area contributed by atoms with Crippen molar-refractivity contribution in [2.75, 3.05) is 5.32 Å². The maximum absolute atomic E-state index is 12.0. The number of pyridine rings is 1. The molecule has 0 aromatic carbocycles. The van der Waals surface area contributed by atoms with Gasteiger partial charge in [0.15, 0.2) is 0 Å². The van der Waals surface area contributed by atoms with E-state index in [1.54, 1.807) is 6.20 Å². The lowest BCUT2D eigenvalue weighted by Crippen LogP contribution is -2.22. The van der Waals surface area contributed by atoms with Gasteiger partial charge in [0, 0.05) is 12.1 Å². The Hall–Kier alpha value is -1.38. The van der Waals surface area contributed by atoms with Crippen LogP contribution in [0.5, 0.6) is 0 Å². The third-order valence-electron chi connectivity index (χ3n) is 2.94. The van der Waals surface area contributed by atoms with Crippen molar-refractivity contribution in [1.29, 1.82) is 0 Å². The van der Waals surface area contributed by atoms with Crippen molar-refractivity contribution in [3.05, 3.63) is 23.9 Å². The molecule has 3 heteroatoms. The largest absolute Gasteiger partial charge is 0.310 e. The SMILES string of the molecule is CCCC[C@H](CC)C(=O)Nc1cc(C)ccn1. The summed E-state index contributed by atoms with van der Waals surface area (Å²) in [5.74, 6) is 0.862.